The van der Waals surface area contributed by atoms with Crippen LogP contribution < -0.4 is 15.8 Å². The van der Waals surface area contributed by atoms with Crippen LogP contribution in [0.5, 0.6) is 5.75 Å². The largest absolute Gasteiger partial charge is 0.495 e. The lowest BCUT2D eigenvalue weighted by molar-refractivity contribution is 0.102. The summed E-state index contributed by atoms with van der Waals surface area (Å²) in [5.74, 6) is 0.692. The van der Waals surface area contributed by atoms with Crippen LogP contribution in [0.1, 0.15) is 48.5 Å². The third-order valence-corrected chi connectivity index (χ3v) is 6.05. The highest BCUT2D eigenvalue weighted by Gasteiger charge is 2.28. The first-order valence-corrected chi connectivity index (χ1v) is 10.7. The van der Waals surface area contributed by atoms with Gasteiger partial charge in [-0.15, -0.1) is 0 Å². The number of carbonyl (C=O) groups excluding carboxylic acids is 1. The van der Waals surface area contributed by atoms with Crippen LogP contribution in [0, 0.1) is 0 Å². The van der Waals surface area contributed by atoms with Crippen molar-refractivity contribution in [1.29, 1.82) is 0 Å². The molecule has 0 atom stereocenters. The smallest absolute Gasteiger partial charge is 0.261 e. The summed E-state index contributed by atoms with van der Waals surface area (Å²) in [5, 5.41) is 2.95. The van der Waals surface area contributed by atoms with E-state index in [9.17, 15) is 4.79 Å². The summed E-state index contributed by atoms with van der Waals surface area (Å²) < 4.78 is 7.41. The Morgan fingerprint density at radius 3 is 2.45 bits per heavy atom. The van der Waals surface area contributed by atoms with E-state index >= 15 is 0 Å². The number of nitrogen functional groups attached to an aromatic ring is 1. The summed E-state index contributed by atoms with van der Waals surface area (Å²) >= 11 is 0. The zero-order chi connectivity index (χ0) is 21.4. The standard InChI is InChI=1S/C24H25N5O2/c1-31-19-14-8-7-13-18(19)28-24(30)20-21-23(27-17-12-6-5-11-16(17)26-21)29(22(20)25)15-9-3-2-4-10-15/h5-8,11-15H,2-4,9-10,25H2,1H3,(H,28,30). The van der Waals surface area contributed by atoms with E-state index < -0.39 is 0 Å². The number of fused-ring (bicyclic) bond motifs is 2. The molecule has 2 heterocycles. The van der Waals surface area contributed by atoms with Gasteiger partial charge in [0.2, 0.25) is 0 Å². The Hall–Kier alpha value is -3.61. The van der Waals surface area contributed by atoms with Crippen LogP contribution in [-0.4, -0.2) is 27.6 Å². The van der Waals surface area contributed by atoms with Gasteiger partial charge in [0.05, 0.1) is 23.8 Å². The van der Waals surface area contributed by atoms with Gasteiger partial charge in [0, 0.05) is 6.04 Å². The highest BCUT2D eigenvalue weighted by molar-refractivity contribution is 6.16. The molecule has 0 radical (unpaired) electrons. The summed E-state index contributed by atoms with van der Waals surface area (Å²) in [5.41, 5.74) is 10.3. The topological polar surface area (TPSA) is 95.1 Å². The molecule has 7 heteroatoms. The number of hydrogen-bond acceptors (Lipinski definition) is 5. The Morgan fingerprint density at radius 2 is 1.71 bits per heavy atom. The molecule has 1 saturated carbocycles. The first-order chi connectivity index (χ1) is 15.2. The fourth-order valence-electron chi connectivity index (χ4n) is 4.55. The maximum Gasteiger partial charge on any atom is 0.261 e. The van der Waals surface area contributed by atoms with Gasteiger partial charge in [0.25, 0.3) is 5.91 Å². The highest BCUT2D eigenvalue weighted by atomic mass is 16.5. The lowest BCUT2D eigenvalue weighted by Gasteiger charge is -2.25. The maximum absolute atomic E-state index is 13.4. The average Bonchev–Trinajstić information content (AvgIpc) is 3.09. The zero-order valence-electron chi connectivity index (χ0n) is 17.5. The summed E-state index contributed by atoms with van der Waals surface area (Å²) in [6.45, 7) is 0. The molecule has 7 nitrogen and oxygen atoms in total. The van der Waals surface area contributed by atoms with Crippen molar-refractivity contribution in [3.05, 3.63) is 54.1 Å². The second-order valence-corrected chi connectivity index (χ2v) is 7.96. The molecule has 1 aliphatic carbocycles. The van der Waals surface area contributed by atoms with Gasteiger partial charge in [-0.05, 0) is 37.1 Å². The SMILES string of the molecule is COc1ccccc1NC(=O)c1c(N)n(C2CCCCC2)c2nc3ccccc3nc12. The second-order valence-electron chi connectivity index (χ2n) is 7.96. The van der Waals surface area contributed by atoms with Crippen molar-refractivity contribution in [2.45, 2.75) is 38.1 Å². The van der Waals surface area contributed by atoms with E-state index in [1.165, 1.54) is 6.42 Å². The van der Waals surface area contributed by atoms with E-state index in [1.807, 2.05) is 41.0 Å². The molecule has 0 unspecified atom stereocenters. The number of ether oxygens (including phenoxy) is 1. The van der Waals surface area contributed by atoms with Crippen LogP contribution in [0.2, 0.25) is 0 Å². The molecule has 2 aromatic carbocycles. The zero-order valence-corrected chi connectivity index (χ0v) is 17.5. The fourth-order valence-corrected chi connectivity index (χ4v) is 4.55. The monoisotopic (exact) mass is 415 g/mol. The molecule has 1 fully saturated rings. The van der Waals surface area contributed by atoms with Crippen molar-refractivity contribution >= 4 is 39.6 Å². The summed E-state index contributed by atoms with van der Waals surface area (Å²) in [6.07, 6.45) is 5.57. The number of benzene rings is 2. The second kappa shape index (κ2) is 7.91. The van der Waals surface area contributed by atoms with E-state index in [1.54, 1.807) is 19.2 Å². The minimum absolute atomic E-state index is 0.222. The summed E-state index contributed by atoms with van der Waals surface area (Å²) in [4.78, 5) is 23.1. The first-order valence-electron chi connectivity index (χ1n) is 10.7. The Bertz CT molecular complexity index is 1270. The molecule has 1 amide bonds. The van der Waals surface area contributed by atoms with E-state index in [2.05, 4.69) is 5.32 Å². The minimum atomic E-state index is -0.314. The highest BCUT2D eigenvalue weighted by Crippen LogP contribution is 2.37. The van der Waals surface area contributed by atoms with Crippen molar-refractivity contribution in [2.75, 3.05) is 18.2 Å². The average molecular weight is 415 g/mol. The minimum Gasteiger partial charge on any atom is -0.495 e. The van der Waals surface area contributed by atoms with Crippen molar-refractivity contribution in [2.24, 2.45) is 0 Å². The van der Waals surface area contributed by atoms with E-state index in [0.29, 0.717) is 34.0 Å². The first kappa shape index (κ1) is 19.4. The van der Waals surface area contributed by atoms with Gasteiger partial charge in [-0.25, -0.2) is 9.97 Å². The van der Waals surface area contributed by atoms with Gasteiger partial charge in [-0.2, -0.15) is 0 Å². The van der Waals surface area contributed by atoms with Crippen molar-refractivity contribution < 1.29 is 9.53 Å². The number of methoxy groups -OCH3 is 1. The predicted octanol–water partition coefficient (Wildman–Crippen LogP) is 4.93. The normalized spacial score (nSPS) is 14.7. The number of hydrogen-bond donors (Lipinski definition) is 2. The van der Waals surface area contributed by atoms with Gasteiger partial charge >= 0.3 is 0 Å². The fraction of sp³-hybridized carbons (Fsp3) is 0.292. The number of anilines is 2. The van der Waals surface area contributed by atoms with Crippen LogP contribution >= 0.6 is 0 Å². The maximum atomic E-state index is 13.4. The number of nitrogens with one attached hydrogen (secondary N) is 1. The van der Waals surface area contributed by atoms with Gasteiger partial charge in [-0.3, -0.25) is 4.79 Å². The molecule has 0 aliphatic heterocycles. The molecule has 2 aromatic heterocycles. The number of para-hydroxylation sites is 4. The molecule has 1 aliphatic rings. The van der Waals surface area contributed by atoms with Gasteiger partial charge < -0.3 is 20.4 Å². The third-order valence-electron chi connectivity index (χ3n) is 6.05. The molecular weight excluding hydrogens is 390 g/mol. The quantitative estimate of drug-likeness (QED) is 0.493. The van der Waals surface area contributed by atoms with Crippen LogP contribution in [0.3, 0.4) is 0 Å². The van der Waals surface area contributed by atoms with E-state index in [0.717, 1.165) is 36.7 Å². The molecule has 4 aromatic rings. The van der Waals surface area contributed by atoms with E-state index in [-0.39, 0.29) is 11.9 Å². The third kappa shape index (κ3) is 3.36. The van der Waals surface area contributed by atoms with Crippen molar-refractivity contribution in [1.82, 2.24) is 14.5 Å². The van der Waals surface area contributed by atoms with Crippen LogP contribution in [0.4, 0.5) is 11.5 Å². The number of rotatable bonds is 4. The molecule has 158 valence electrons. The number of nitrogens with zero attached hydrogens (tertiary/aromatic N) is 3. The molecule has 3 N–H and O–H groups in total. The van der Waals surface area contributed by atoms with Crippen molar-refractivity contribution in [3.8, 4) is 5.75 Å². The number of carbonyl (C=O) groups is 1. The Kier molecular flexibility index (Phi) is 4.94. The Labute approximate surface area is 180 Å². The summed E-state index contributed by atoms with van der Waals surface area (Å²) in [6, 6.07) is 15.2. The van der Waals surface area contributed by atoms with Gasteiger partial charge in [0.15, 0.2) is 5.65 Å². The Morgan fingerprint density at radius 1 is 1.03 bits per heavy atom. The Balaban J connectivity index is 1.68. The van der Waals surface area contributed by atoms with Gasteiger partial charge in [0.1, 0.15) is 22.6 Å². The number of amides is 1. The molecule has 0 saturated heterocycles. The molecule has 0 spiro atoms. The van der Waals surface area contributed by atoms with Crippen molar-refractivity contribution in [3.63, 3.8) is 0 Å². The van der Waals surface area contributed by atoms with Gasteiger partial charge in [-0.1, -0.05) is 43.5 Å². The molecule has 5 rings (SSSR count). The van der Waals surface area contributed by atoms with E-state index in [4.69, 9.17) is 20.4 Å². The van der Waals surface area contributed by atoms with Crippen LogP contribution in [0.25, 0.3) is 22.2 Å². The lowest BCUT2D eigenvalue weighted by Crippen LogP contribution is -2.18. The number of aromatic nitrogens is 3. The lowest BCUT2D eigenvalue weighted by atomic mass is 9.95. The molecule has 0 bridgehead atoms. The van der Waals surface area contributed by atoms with Crippen LogP contribution in [-0.2, 0) is 0 Å². The summed E-state index contributed by atoms with van der Waals surface area (Å²) in [7, 11) is 1.58. The van der Waals surface area contributed by atoms with Crippen LogP contribution in [0.15, 0.2) is 48.5 Å². The number of nitrogens with two attached hydrogens (primary N) is 1. The molecular formula is C24H25N5O2. The molecule has 31 heavy (non-hydrogen) atoms. The predicted molar refractivity (Wildman–Crippen MR) is 123 cm³/mol.